The van der Waals surface area contributed by atoms with Gasteiger partial charge in [-0.3, -0.25) is 19.7 Å². The van der Waals surface area contributed by atoms with E-state index in [2.05, 4.69) is 5.32 Å². The van der Waals surface area contributed by atoms with Crippen LogP contribution in [-0.4, -0.2) is 47.4 Å². The molecule has 2 aromatic carbocycles. The van der Waals surface area contributed by atoms with Gasteiger partial charge < -0.3 is 15.0 Å². The van der Waals surface area contributed by atoms with Gasteiger partial charge in [-0.15, -0.1) is 0 Å². The molecule has 30 heavy (non-hydrogen) atoms. The first-order valence-corrected chi connectivity index (χ1v) is 9.86. The Morgan fingerprint density at radius 1 is 1.23 bits per heavy atom. The highest BCUT2D eigenvalue weighted by molar-refractivity contribution is 6.00. The van der Waals surface area contributed by atoms with Crippen LogP contribution in [-0.2, 0) is 9.53 Å². The highest BCUT2D eigenvalue weighted by Crippen LogP contribution is 2.20. The normalized spacial score (nSPS) is 15.6. The van der Waals surface area contributed by atoms with Crippen LogP contribution in [0.3, 0.4) is 0 Å². The number of non-ortho nitro benzene ring substituents is 1. The summed E-state index contributed by atoms with van der Waals surface area (Å²) < 4.78 is 5.63. The van der Waals surface area contributed by atoms with Gasteiger partial charge in [0.05, 0.1) is 11.0 Å². The topological polar surface area (TPSA) is 102 Å². The van der Waals surface area contributed by atoms with Crippen LogP contribution in [0.25, 0.3) is 0 Å². The first-order valence-electron chi connectivity index (χ1n) is 9.86. The number of nitro groups is 1. The van der Waals surface area contributed by atoms with Gasteiger partial charge in [-0.1, -0.05) is 18.2 Å². The molecular weight excluding hydrogens is 386 g/mol. The lowest BCUT2D eigenvalue weighted by atomic mass is 10.1. The molecule has 1 saturated heterocycles. The first kappa shape index (κ1) is 21.4. The van der Waals surface area contributed by atoms with Gasteiger partial charge in [0.1, 0.15) is 6.54 Å². The molecule has 2 amide bonds. The molecule has 0 spiro atoms. The predicted octanol–water partition coefficient (Wildman–Crippen LogP) is 3.47. The van der Waals surface area contributed by atoms with Crippen molar-refractivity contribution in [2.45, 2.75) is 32.8 Å². The summed E-state index contributed by atoms with van der Waals surface area (Å²) in [5, 5.41) is 13.9. The summed E-state index contributed by atoms with van der Waals surface area (Å²) in [6, 6.07) is 11.2. The monoisotopic (exact) mass is 411 g/mol. The number of aryl methyl sites for hydroxylation is 1. The molecule has 0 aromatic heterocycles. The number of carbonyl (C=O) groups is 2. The highest BCUT2D eigenvalue weighted by Gasteiger charge is 2.26. The maximum atomic E-state index is 13.1. The molecule has 1 aliphatic heterocycles. The van der Waals surface area contributed by atoms with Crippen molar-refractivity contribution < 1.29 is 19.2 Å². The van der Waals surface area contributed by atoms with Gasteiger partial charge in [0, 0.05) is 36.5 Å². The average molecular weight is 411 g/mol. The summed E-state index contributed by atoms with van der Waals surface area (Å²) >= 11 is 0. The minimum absolute atomic E-state index is 0.152. The average Bonchev–Trinajstić information content (AvgIpc) is 3.23. The standard InChI is InChI=1S/C22H25N3O5/c1-15-6-3-10-20(16(15)2)23-21(26)14-24(13-19-9-5-11-30-19)22(27)17-7-4-8-18(12-17)25(28)29/h3-4,6-8,10,12,19H,5,9,11,13-14H2,1-2H3,(H,23,26). The van der Waals surface area contributed by atoms with Gasteiger partial charge in [0.25, 0.3) is 11.6 Å². The van der Waals surface area contributed by atoms with Crippen molar-refractivity contribution in [1.29, 1.82) is 0 Å². The van der Waals surface area contributed by atoms with Crippen LogP contribution in [0, 0.1) is 24.0 Å². The number of hydrogen-bond acceptors (Lipinski definition) is 5. The smallest absolute Gasteiger partial charge is 0.270 e. The largest absolute Gasteiger partial charge is 0.376 e. The van der Waals surface area contributed by atoms with Crippen LogP contribution in [0.2, 0.25) is 0 Å². The van der Waals surface area contributed by atoms with Crippen molar-refractivity contribution >= 4 is 23.2 Å². The molecule has 158 valence electrons. The maximum absolute atomic E-state index is 13.1. The van der Waals surface area contributed by atoms with Crippen LogP contribution in [0.5, 0.6) is 0 Å². The van der Waals surface area contributed by atoms with Crippen molar-refractivity contribution in [2.75, 3.05) is 25.0 Å². The fourth-order valence-electron chi connectivity index (χ4n) is 3.44. The van der Waals surface area contributed by atoms with Crippen LogP contribution >= 0.6 is 0 Å². The molecule has 1 N–H and O–H groups in total. The summed E-state index contributed by atoms with van der Waals surface area (Å²) in [6.45, 7) is 4.58. The summed E-state index contributed by atoms with van der Waals surface area (Å²) in [5.41, 5.74) is 2.71. The molecule has 0 aliphatic carbocycles. The molecule has 8 heteroatoms. The summed E-state index contributed by atoms with van der Waals surface area (Å²) in [5.74, 6) is -0.772. The highest BCUT2D eigenvalue weighted by atomic mass is 16.6. The number of nitrogens with one attached hydrogen (secondary N) is 1. The van der Waals surface area contributed by atoms with Crippen molar-refractivity contribution in [3.05, 3.63) is 69.3 Å². The quantitative estimate of drug-likeness (QED) is 0.555. The summed E-state index contributed by atoms with van der Waals surface area (Å²) in [4.78, 5) is 37.7. The van der Waals surface area contributed by atoms with Gasteiger partial charge in [-0.2, -0.15) is 0 Å². The number of nitro benzene ring substituents is 1. The Kier molecular flexibility index (Phi) is 6.79. The molecule has 1 unspecified atom stereocenters. The van der Waals surface area contributed by atoms with Crippen molar-refractivity contribution in [3.8, 4) is 0 Å². The van der Waals surface area contributed by atoms with Crippen LogP contribution < -0.4 is 5.32 Å². The minimum atomic E-state index is -0.547. The summed E-state index contributed by atoms with van der Waals surface area (Å²) in [6.07, 6.45) is 1.55. The fraction of sp³-hybridized carbons (Fsp3) is 0.364. The number of carbonyl (C=O) groups excluding carboxylic acids is 2. The number of amides is 2. The number of hydrogen-bond donors (Lipinski definition) is 1. The number of ether oxygens (including phenoxy) is 1. The second-order valence-corrected chi connectivity index (χ2v) is 7.42. The Hall–Kier alpha value is -3.26. The van der Waals surface area contributed by atoms with Crippen LogP contribution in [0.1, 0.15) is 34.3 Å². The van der Waals surface area contributed by atoms with E-state index in [1.165, 1.54) is 29.2 Å². The molecule has 1 aliphatic rings. The molecule has 0 saturated carbocycles. The van der Waals surface area contributed by atoms with Crippen molar-refractivity contribution in [1.82, 2.24) is 4.90 Å². The lowest BCUT2D eigenvalue weighted by molar-refractivity contribution is -0.384. The fourth-order valence-corrected chi connectivity index (χ4v) is 3.44. The number of rotatable bonds is 7. The lowest BCUT2D eigenvalue weighted by Gasteiger charge is -2.25. The Labute approximate surface area is 175 Å². The van der Waals surface area contributed by atoms with Crippen molar-refractivity contribution in [3.63, 3.8) is 0 Å². The second kappa shape index (κ2) is 9.49. The van der Waals surface area contributed by atoms with Crippen LogP contribution in [0.15, 0.2) is 42.5 Å². The zero-order valence-electron chi connectivity index (χ0n) is 17.1. The van der Waals surface area contributed by atoms with E-state index in [1.807, 2.05) is 32.0 Å². The molecule has 1 atom stereocenters. The van der Waals surface area contributed by atoms with Gasteiger partial charge >= 0.3 is 0 Å². The Morgan fingerprint density at radius 3 is 2.70 bits per heavy atom. The third kappa shape index (κ3) is 5.21. The first-order chi connectivity index (χ1) is 14.3. The zero-order valence-corrected chi connectivity index (χ0v) is 17.1. The van der Waals surface area contributed by atoms with E-state index in [4.69, 9.17) is 4.74 Å². The predicted molar refractivity (Wildman–Crippen MR) is 113 cm³/mol. The third-order valence-electron chi connectivity index (χ3n) is 5.25. The number of nitrogens with zero attached hydrogens (tertiary/aromatic N) is 2. The zero-order chi connectivity index (χ0) is 21.7. The molecule has 8 nitrogen and oxygen atoms in total. The van der Waals surface area contributed by atoms with E-state index in [-0.39, 0.29) is 36.4 Å². The SMILES string of the molecule is Cc1cccc(NC(=O)CN(CC2CCCO2)C(=O)c2cccc([N+](=O)[O-])c2)c1C. The van der Waals surface area contributed by atoms with E-state index in [0.717, 1.165) is 24.0 Å². The van der Waals surface area contributed by atoms with E-state index in [1.54, 1.807) is 0 Å². The number of benzene rings is 2. The van der Waals surface area contributed by atoms with Gasteiger partial charge in [-0.05, 0) is 49.9 Å². The molecular formula is C22H25N3O5. The molecule has 1 fully saturated rings. The van der Waals surface area contributed by atoms with E-state index in [0.29, 0.717) is 12.3 Å². The Bertz CT molecular complexity index is 954. The Balaban J connectivity index is 1.78. The molecule has 0 bridgehead atoms. The molecule has 0 radical (unpaired) electrons. The molecule has 1 heterocycles. The summed E-state index contributed by atoms with van der Waals surface area (Å²) in [7, 11) is 0. The Morgan fingerprint density at radius 2 is 2.00 bits per heavy atom. The minimum Gasteiger partial charge on any atom is -0.376 e. The van der Waals surface area contributed by atoms with E-state index >= 15 is 0 Å². The van der Waals surface area contributed by atoms with Gasteiger partial charge in [0.2, 0.25) is 5.91 Å². The van der Waals surface area contributed by atoms with Crippen LogP contribution in [0.4, 0.5) is 11.4 Å². The second-order valence-electron chi connectivity index (χ2n) is 7.42. The molecule has 3 rings (SSSR count). The third-order valence-corrected chi connectivity index (χ3v) is 5.25. The van der Waals surface area contributed by atoms with E-state index in [9.17, 15) is 19.7 Å². The van der Waals surface area contributed by atoms with Gasteiger partial charge in [0.15, 0.2) is 0 Å². The maximum Gasteiger partial charge on any atom is 0.270 e. The number of anilines is 1. The van der Waals surface area contributed by atoms with Crippen molar-refractivity contribution in [2.24, 2.45) is 0 Å². The van der Waals surface area contributed by atoms with Gasteiger partial charge in [-0.25, -0.2) is 0 Å². The van der Waals surface area contributed by atoms with E-state index < -0.39 is 10.8 Å². The lowest BCUT2D eigenvalue weighted by Crippen LogP contribution is -2.42. The molecule has 2 aromatic rings.